The molecule has 0 radical (unpaired) electrons. The molecule has 0 bridgehead atoms. The first-order chi connectivity index (χ1) is 6.18. The summed E-state index contributed by atoms with van der Waals surface area (Å²) < 4.78 is 13.0. The van der Waals surface area contributed by atoms with Crippen molar-refractivity contribution in [3.63, 3.8) is 0 Å². The van der Waals surface area contributed by atoms with Gasteiger partial charge in [0, 0.05) is 10.6 Å². The highest BCUT2D eigenvalue weighted by Gasteiger charge is 2.24. The van der Waals surface area contributed by atoms with Crippen LogP contribution in [0.15, 0.2) is 18.2 Å². The molecule has 2 heteroatoms. The predicted molar refractivity (Wildman–Crippen MR) is 53.0 cm³/mol. The normalized spacial score (nSPS) is 18.7. The van der Waals surface area contributed by atoms with E-state index in [1.165, 1.54) is 25.3 Å². The van der Waals surface area contributed by atoms with E-state index < -0.39 is 6.17 Å². The summed E-state index contributed by atoms with van der Waals surface area (Å²) in [7, 11) is 0. The van der Waals surface area contributed by atoms with Crippen LogP contribution >= 0.6 is 11.6 Å². The number of hydrogen-bond acceptors (Lipinski definition) is 0. The van der Waals surface area contributed by atoms with E-state index in [1.807, 2.05) is 12.1 Å². The number of alkyl halides is 1. The molecule has 0 heterocycles. The van der Waals surface area contributed by atoms with Gasteiger partial charge in [-0.25, -0.2) is 4.39 Å². The van der Waals surface area contributed by atoms with Gasteiger partial charge in [0.2, 0.25) is 0 Å². The van der Waals surface area contributed by atoms with Crippen LogP contribution in [-0.4, -0.2) is 0 Å². The van der Waals surface area contributed by atoms with Crippen LogP contribution in [0.1, 0.15) is 43.0 Å². The second-order valence-electron chi connectivity index (χ2n) is 3.67. The fraction of sp³-hybridized carbons (Fsp3) is 0.455. The van der Waals surface area contributed by atoms with Crippen molar-refractivity contribution >= 4 is 11.6 Å². The minimum Gasteiger partial charge on any atom is -0.243 e. The van der Waals surface area contributed by atoms with Gasteiger partial charge in [-0.2, -0.15) is 0 Å². The van der Waals surface area contributed by atoms with E-state index in [0.717, 1.165) is 0 Å². The second-order valence-corrected chi connectivity index (χ2v) is 4.08. The second kappa shape index (κ2) is 3.30. The summed E-state index contributed by atoms with van der Waals surface area (Å²) in [5.41, 5.74) is 1.86. The lowest BCUT2D eigenvalue weighted by molar-refractivity contribution is 0.374. The van der Waals surface area contributed by atoms with Gasteiger partial charge in [-0.15, -0.1) is 0 Å². The minimum absolute atomic E-state index is 0.569. The number of benzene rings is 1. The molecule has 0 spiro atoms. The quantitative estimate of drug-likeness (QED) is 0.667. The molecule has 0 aliphatic heterocycles. The average molecular weight is 199 g/mol. The molecular weight excluding hydrogens is 187 g/mol. The highest BCUT2D eigenvalue weighted by atomic mass is 35.5. The number of halogens is 2. The monoisotopic (exact) mass is 198 g/mol. The van der Waals surface area contributed by atoms with Crippen LogP contribution in [0.2, 0.25) is 5.02 Å². The zero-order chi connectivity index (χ0) is 9.42. The Bertz CT molecular complexity index is 316. The maximum absolute atomic E-state index is 13.0. The Kier molecular flexibility index (Phi) is 2.29. The van der Waals surface area contributed by atoms with Crippen molar-refractivity contribution in [1.82, 2.24) is 0 Å². The summed E-state index contributed by atoms with van der Waals surface area (Å²) in [6.45, 7) is 1.51. The molecule has 0 nitrogen and oxygen atoms in total. The Morgan fingerprint density at radius 2 is 2.15 bits per heavy atom. The predicted octanol–water partition coefficient (Wildman–Crippen LogP) is 4.25. The summed E-state index contributed by atoms with van der Waals surface area (Å²) in [4.78, 5) is 0. The molecule has 13 heavy (non-hydrogen) atoms. The largest absolute Gasteiger partial charge is 0.243 e. The van der Waals surface area contributed by atoms with Gasteiger partial charge >= 0.3 is 0 Å². The fourth-order valence-electron chi connectivity index (χ4n) is 1.54. The van der Waals surface area contributed by atoms with Crippen LogP contribution in [0.5, 0.6) is 0 Å². The van der Waals surface area contributed by atoms with Crippen molar-refractivity contribution in [2.75, 3.05) is 0 Å². The van der Waals surface area contributed by atoms with E-state index in [0.29, 0.717) is 16.5 Å². The topological polar surface area (TPSA) is 0 Å². The van der Waals surface area contributed by atoms with Crippen molar-refractivity contribution < 1.29 is 4.39 Å². The van der Waals surface area contributed by atoms with Gasteiger partial charge in [0.15, 0.2) is 0 Å². The Morgan fingerprint density at radius 1 is 1.46 bits per heavy atom. The van der Waals surface area contributed by atoms with Crippen LogP contribution in [-0.2, 0) is 0 Å². The summed E-state index contributed by atoms with van der Waals surface area (Å²) in [5.74, 6) is 0.682. The molecule has 0 aromatic heterocycles. The maximum Gasteiger partial charge on any atom is 0.124 e. The van der Waals surface area contributed by atoms with Crippen LogP contribution in [0.25, 0.3) is 0 Å². The molecule has 0 amide bonds. The summed E-state index contributed by atoms with van der Waals surface area (Å²) in [5, 5.41) is 0.569. The van der Waals surface area contributed by atoms with E-state index in [1.54, 1.807) is 6.07 Å². The molecule has 1 aromatic rings. The van der Waals surface area contributed by atoms with E-state index in [-0.39, 0.29) is 0 Å². The van der Waals surface area contributed by atoms with Crippen LogP contribution in [0.3, 0.4) is 0 Å². The van der Waals surface area contributed by atoms with E-state index in [2.05, 4.69) is 0 Å². The van der Waals surface area contributed by atoms with Gasteiger partial charge in [0.05, 0.1) is 0 Å². The molecule has 70 valence electrons. The summed E-state index contributed by atoms with van der Waals surface area (Å²) >= 11 is 5.96. The lowest BCUT2D eigenvalue weighted by atomic mass is 10.1. The van der Waals surface area contributed by atoms with Crippen molar-refractivity contribution in [3.8, 4) is 0 Å². The zero-order valence-electron chi connectivity index (χ0n) is 7.56. The van der Waals surface area contributed by atoms with E-state index in [9.17, 15) is 4.39 Å². The third-order valence-electron chi connectivity index (χ3n) is 2.50. The van der Waals surface area contributed by atoms with Crippen molar-refractivity contribution in [2.24, 2.45) is 0 Å². The van der Waals surface area contributed by atoms with Crippen molar-refractivity contribution in [2.45, 2.75) is 31.9 Å². The van der Waals surface area contributed by atoms with Crippen LogP contribution in [0.4, 0.5) is 4.39 Å². The molecule has 1 aromatic carbocycles. The molecule has 1 atom stereocenters. The Balaban J connectivity index is 2.31. The summed E-state index contributed by atoms with van der Waals surface area (Å²) in [6.07, 6.45) is 1.53. The van der Waals surface area contributed by atoms with Crippen molar-refractivity contribution in [3.05, 3.63) is 34.3 Å². The minimum atomic E-state index is -0.972. The molecule has 1 aliphatic rings. The molecule has 0 N–H and O–H groups in total. The highest BCUT2D eigenvalue weighted by molar-refractivity contribution is 6.31. The van der Waals surface area contributed by atoms with Gasteiger partial charge in [-0.05, 0) is 37.3 Å². The smallest absolute Gasteiger partial charge is 0.124 e. The third-order valence-corrected chi connectivity index (χ3v) is 2.83. The van der Waals surface area contributed by atoms with Gasteiger partial charge in [0.25, 0.3) is 0 Å². The molecule has 1 saturated carbocycles. The number of rotatable bonds is 2. The van der Waals surface area contributed by atoms with Crippen LogP contribution in [0, 0.1) is 0 Å². The van der Waals surface area contributed by atoms with E-state index in [4.69, 9.17) is 11.6 Å². The lowest BCUT2D eigenvalue weighted by Crippen LogP contribution is -1.89. The molecule has 2 rings (SSSR count). The highest BCUT2D eigenvalue weighted by Crippen LogP contribution is 2.41. The molecule has 1 fully saturated rings. The number of hydrogen-bond donors (Lipinski definition) is 0. The first kappa shape index (κ1) is 9.01. The maximum atomic E-state index is 13.0. The third kappa shape index (κ3) is 1.86. The van der Waals surface area contributed by atoms with Gasteiger partial charge in [0.1, 0.15) is 6.17 Å². The molecule has 0 saturated heterocycles. The van der Waals surface area contributed by atoms with E-state index >= 15 is 0 Å². The van der Waals surface area contributed by atoms with Gasteiger partial charge in [-0.3, -0.25) is 0 Å². The van der Waals surface area contributed by atoms with Gasteiger partial charge < -0.3 is 0 Å². The summed E-state index contributed by atoms with van der Waals surface area (Å²) in [6, 6.07) is 5.71. The Morgan fingerprint density at radius 3 is 2.62 bits per heavy atom. The molecule has 1 aliphatic carbocycles. The molecular formula is C11H12ClF. The SMILES string of the molecule is CC(F)c1ccc(C2CC2)cc1Cl. The first-order valence-electron chi connectivity index (χ1n) is 4.62. The Hall–Kier alpha value is -0.560. The Labute approximate surface area is 82.7 Å². The standard InChI is InChI=1S/C11H12ClF/c1-7(13)10-5-4-9(6-11(10)12)8-2-3-8/h4-8H,2-3H2,1H3. The zero-order valence-corrected chi connectivity index (χ0v) is 8.31. The lowest BCUT2D eigenvalue weighted by Gasteiger charge is -2.06. The van der Waals surface area contributed by atoms with Gasteiger partial charge in [-0.1, -0.05) is 23.7 Å². The first-order valence-corrected chi connectivity index (χ1v) is 4.99. The average Bonchev–Trinajstić information content (AvgIpc) is 2.85. The van der Waals surface area contributed by atoms with Crippen molar-refractivity contribution in [1.29, 1.82) is 0 Å². The fourth-order valence-corrected chi connectivity index (χ4v) is 1.88. The van der Waals surface area contributed by atoms with Crippen LogP contribution < -0.4 is 0 Å². The molecule has 1 unspecified atom stereocenters.